The average molecular weight is 289 g/mol. The number of benzene rings is 1. The Bertz CT molecular complexity index is 418. The summed E-state index contributed by atoms with van der Waals surface area (Å²) in [4.78, 5) is 0. The molecule has 0 aliphatic heterocycles. The molecule has 2 nitrogen and oxygen atoms in total. The lowest BCUT2D eigenvalue weighted by Crippen LogP contribution is -2.49. The first-order valence-electron chi connectivity index (χ1n) is 8.41. The molecule has 0 atom stereocenters. The summed E-state index contributed by atoms with van der Waals surface area (Å²) in [5.41, 5.74) is 3.30. The standard InChI is InChI=1S/C19H31NO/c1-5-16-12-19(13-16,14-20-10-11-21-4)18-8-6-17(7-9-18)15(2)3/h6-9,15-16,20H,5,10-14H2,1-4H3. The Labute approximate surface area is 130 Å². The van der Waals surface area contributed by atoms with E-state index in [-0.39, 0.29) is 0 Å². The van der Waals surface area contributed by atoms with Crippen LogP contribution >= 0.6 is 0 Å². The predicted molar refractivity (Wildman–Crippen MR) is 90.0 cm³/mol. The Morgan fingerprint density at radius 2 is 1.90 bits per heavy atom. The van der Waals surface area contributed by atoms with Crippen LogP contribution in [0.25, 0.3) is 0 Å². The molecule has 0 spiro atoms. The summed E-state index contributed by atoms with van der Waals surface area (Å²) in [5.74, 6) is 1.51. The van der Waals surface area contributed by atoms with E-state index in [1.807, 2.05) is 0 Å². The molecule has 1 N–H and O–H groups in total. The molecule has 0 amide bonds. The maximum Gasteiger partial charge on any atom is 0.0587 e. The van der Waals surface area contributed by atoms with Crippen LogP contribution in [0.4, 0.5) is 0 Å². The molecule has 21 heavy (non-hydrogen) atoms. The Morgan fingerprint density at radius 1 is 1.24 bits per heavy atom. The third kappa shape index (κ3) is 3.87. The minimum absolute atomic E-state index is 0.351. The van der Waals surface area contributed by atoms with E-state index in [1.165, 1.54) is 30.4 Å². The second kappa shape index (κ2) is 7.42. The van der Waals surface area contributed by atoms with Crippen molar-refractivity contribution in [3.8, 4) is 0 Å². The van der Waals surface area contributed by atoms with Gasteiger partial charge in [-0.05, 0) is 35.8 Å². The molecule has 1 fully saturated rings. The zero-order chi connectivity index (χ0) is 15.3. The van der Waals surface area contributed by atoms with E-state index in [1.54, 1.807) is 7.11 Å². The van der Waals surface area contributed by atoms with Crippen LogP contribution in [0.1, 0.15) is 57.1 Å². The second-order valence-corrected chi connectivity index (χ2v) is 6.91. The fourth-order valence-electron chi connectivity index (χ4n) is 3.54. The first-order chi connectivity index (χ1) is 10.1. The van der Waals surface area contributed by atoms with Gasteiger partial charge in [0.25, 0.3) is 0 Å². The van der Waals surface area contributed by atoms with Gasteiger partial charge in [-0.3, -0.25) is 0 Å². The molecule has 0 aromatic heterocycles. The Balaban J connectivity index is 2.05. The van der Waals surface area contributed by atoms with Gasteiger partial charge in [-0.2, -0.15) is 0 Å². The van der Waals surface area contributed by atoms with E-state index in [0.29, 0.717) is 11.3 Å². The van der Waals surface area contributed by atoms with Gasteiger partial charge in [0, 0.05) is 25.6 Å². The summed E-state index contributed by atoms with van der Waals surface area (Å²) in [6.07, 6.45) is 3.96. The first kappa shape index (κ1) is 16.5. The van der Waals surface area contributed by atoms with Crippen molar-refractivity contribution in [1.82, 2.24) is 5.32 Å². The molecule has 0 unspecified atom stereocenters. The number of nitrogens with one attached hydrogen (secondary N) is 1. The Kier molecular flexibility index (Phi) is 5.83. The highest BCUT2D eigenvalue weighted by Crippen LogP contribution is 2.48. The van der Waals surface area contributed by atoms with Crippen LogP contribution in [0, 0.1) is 5.92 Å². The molecule has 1 saturated carbocycles. The van der Waals surface area contributed by atoms with Gasteiger partial charge in [-0.15, -0.1) is 0 Å². The van der Waals surface area contributed by atoms with E-state index < -0.39 is 0 Å². The van der Waals surface area contributed by atoms with Crippen LogP contribution in [0.3, 0.4) is 0 Å². The highest BCUT2D eigenvalue weighted by Gasteiger charge is 2.44. The second-order valence-electron chi connectivity index (χ2n) is 6.91. The van der Waals surface area contributed by atoms with Crippen molar-refractivity contribution in [3.05, 3.63) is 35.4 Å². The van der Waals surface area contributed by atoms with Gasteiger partial charge < -0.3 is 10.1 Å². The van der Waals surface area contributed by atoms with E-state index >= 15 is 0 Å². The normalized spacial score (nSPS) is 25.1. The van der Waals surface area contributed by atoms with Gasteiger partial charge in [0.05, 0.1) is 6.61 Å². The third-order valence-corrected chi connectivity index (χ3v) is 5.07. The summed E-state index contributed by atoms with van der Waals surface area (Å²) >= 11 is 0. The molecular weight excluding hydrogens is 258 g/mol. The molecule has 0 bridgehead atoms. The highest BCUT2D eigenvalue weighted by molar-refractivity contribution is 5.33. The largest absolute Gasteiger partial charge is 0.383 e. The quantitative estimate of drug-likeness (QED) is 0.727. The fraction of sp³-hybridized carbons (Fsp3) is 0.684. The molecule has 0 heterocycles. The third-order valence-electron chi connectivity index (χ3n) is 5.07. The van der Waals surface area contributed by atoms with Gasteiger partial charge in [-0.25, -0.2) is 0 Å². The zero-order valence-electron chi connectivity index (χ0n) is 14.1. The highest BCUT2D eigenvalue weighted by atomic mass is 16.5. The van der Waals surface area contributed by atoms with Gasteiger partial charge in [0.15, 0.2) is 0 Å². The monoisotopic (exact) mass is 289 g/mol. The molecule has 1 aromatic rings. The lowest BCUT2D eigenvalue weighted by molar-refractivity contribution is 0.128. The summed E-state index contributed by atoms with van der Waals surface area (Å²) in [5, 5.41) is 3.58. The van der Waals surface area contributed by atoms with Gasteiger partial charge in [0.1, 0.15) is 0 Å². The van der Waals surface area contributed by atoms with Crippen LogP contribution < -0.4 is 5.32 Å². The smallest absolute Gasteiger partial charge is 0.0587 e. The molecule has 1 aliphatic carbocycles. The Morgan fingerprint density at radius 3 is 2.43 bits per heavy atom. The average Bonchev–Trinajstić information content (AvgIpc) is 2.46. The van der Waals surface area contributed by atoms with Crippen molar-refractivity contribution < 1.29 is 4.74 Å². The van der Waals surface area contributed by atoms with Gasteiger partial charge in [0.2, 0.25) is 0 Å². The zero-order valence-corrected chi connectivity index (χ0v) is 14.1. The predicted octanol–water partition coefficient (Wildman–Crippen LogP) is 4.10. The minimum Gasteiger partial charge on any atom is -0.383 e. The molecular formula is C19H31NO. The molecule has 2 rings (SSSR count). The molecule has 1 aliphatic rings. The van der Waals surface area contributed by atoms with Crippen molar-refractivity contribution in [2.75, 3.05) is 26.8 Å². The van der Waals surface area contributed by atoms with Crippen molar-refractivity contribution in [3.63, 3.8) is 0 Å². The van der Waals surface area contributed by atoms with E-state index in [0.717, 1.165) is 25.6 Å². The van der Waals surface area contributed by atoms with Crippen molar-refractivity contribution in [2.45, 2.75) is 51.4 Å². The van der Waals surface area contributed by atoms with Crippen LogP contribution in [0.15, 0.2) is 24.3 Å². The molecule has 118 valence electrons. The number of ether oxygens (including phenoxy) is 1. The maximum atomic E-state index is 5.14. The van der Waals surface area contributed by atoms with Gasteiger partial charge >= 0.3 is 0 Å². The van der Waals surface area contributed by atoms with Crippen LogP contribution in [-0.2, 0) is 10.2 Å². The summed E-state index contributed by atoms with van der Waals surface area (Å²) < 4.78 is 5.14. The summed E-state index contributed by atoms with van der Waals surface area (Å²) in [6, 6.07) is 9.35. The molecule has 0 saturated heterocycles. The number of hydrogen-bond acceptors (Lipinski definition) is 2. The molecule has 2 heteroatoms. The lowest BCUT2D eigenvalue weighted by atomic mass is 9.58. The number of rotatable bonds is 8. The van der Waals surface area contributed by atoms with Crippen molar-refractivity contribution >= 4 is 0 Å². The van der Waals surface area contributed by atoms with E-state index in [9.17, 15) is 0 Å². The van der Waals surface area contributed by atoms with Gasteiger partial charge in [-0.1, -0.05) is 51.5 Å². The van der Waals surface area contributed by atoms with Crippen LogP contribution in [-0.4, -0.2) is 26.8 Å². The van der Waals surface area contributed by atoms with Crippen molar-refractivity contribution in [1.29, 1.82) is 0 Å². The van der Waals surface area contributed by atoms with E-state index in [2.05, 4.69) is 50.4 Å². The fourth-order valence-corrected chi connectivity index (χ4v) is 3.54. The summed E-state index contributed by atoms with van der Waals surface area (Å²) in [7, 11) is 1.76. The van der Waals surface area contributed by atoms with Crippen molar-refractivity contribution in [2.24, 2.45) is 5.92 Å². The van der Waals surface area contributed by atoms with E-state index in [4.69, 9.17) is 4.74 Å². The number of hydrogen-bond donors (Lipinski definition) is 1. The maximum absolute atomic E-state index is 5.14. The lowest BCUT2D eigenvalue weighted by Gasteiger charge is -2.48. The Hall–Kier alpha value is -0.860. The SMILES string of the molecule is CCC1CC(CNCCOC)(c2ccc(C(C)C)cc2)C1. The first-order valence-corrected chi connectivity index (χ1v) is 8.41. The topological polar surface area (TPSA) is 21.3 Å². The van der Waals surface area contributed by atoms with Crippen LogP contribution in [0.5, 0.6) is 0 Å². The number of methoxy groups -OCH3 is 1. The molecule has 0 radical (unpaired) electrons. The summed E-state index contributed by atoms with van der Waals surface area (Å²) in [6.45, 7) is 9.64. The van der Waals surface area contributed by atoms with Crippen LogP contribution in [0.2, 0.25) is 0 Å². The molecule has 1 aromatic carbocycles. The minimum atomic E-state index is 0.351.